The highest BCUT2D eigenvalue weighted by Crippen LogP contribution is 2.32. The number of hydrogen-bond donors (Lipinski definition) is 0. The van der Waals surface area contributed by atoms with Gasteiger partial charge in [0, 0.05) is 15.4 Å². The molecular formula is C13H13NS2. The van der Waals surface area contributed by atoms with E-state index >= 15 is 0 Å². The van der Waals surface area contributed by atoms with E-state index in [4.69, 9.17) is 5.26 Å². The van der Waals surface area contributed by atoms with E-state index in [9.17, 15) is 0 Å². The molecule has 1 aromatic rings. The predicted octanol–water partition coefficient (Wildman–Crippen LogP) is 4.08. The van der Waals surface area contributed by atoms with Crippen molar-refractivity contribution in [2.24, 2.45) is 0 Å². The van der Waals surface area contributed by atoms with Crippen molar-refractivity contribution in [1.82, 2.24) is 0 Å². The normalized spacial score (nSPS) is 23.9. The molecular weight excluding hydrogens is 234 g/mol. The van der Waals surface area contributed by atoms with Gasteiger partial charge in [0.1, 0.15) is 5.40 Å². The zero-order valence-corrected chi connectivity index (χ0v) is 10.5. The number of hydrogen-bond acceptors (Lipinski definition) is 3. The highest BCUT2D eigenvalue weighted by molar-refractivity contribution is 8.04. The first kappa shape index (κ1) is 11.6. The Kier molecular flexibility index (Phi) is 4.38. The third kappa shape index (κ3) is 3.33. The third-order valence-electron chi connectivity index (χ3n) is 2.51. The van der Waals surface area contributed by atoms with Crippen LogP contribution in [0.4, 0.5) is 0 Å². The Labute approximate surface area is 105 Å². The SMILES string of the molecule is N#CSC1C=CC(Sc2ccccc2)CC1. The summed E-state index contributed by atoms with van der Waals surface area (Å²) in [5.41, 5.74) is 0. The first-order chi connectivity index (χ1) is 7.88. The van der Waals surface area contributed by atoms with Crippen LogP contribution in [0.3, 0.4) is 0 Å². The zero-order valence-electron chi connectivity index (χ0n) is 8.87. The van der Waals surface area contributed by atoms with Gasteiger partial charge in [-0.05, 0) is 36.7 Å². The lowest BCUT2D eigenvalue weighted by Gasteiger charge is -2.20. The molecule has 0 aliphatic heterocycles. The van der Waals surface area contributed by atoms with Crippen molar-refractivity contribution in [3.63, 3.8) is 0 Å². The monoisotopic (exact) mass is 247 g/mol. The standard InChI is InChI=1S/C13H13NS2/c14-10-15-11-6-8-13(9-7-11)16-12-4-2-1-3-5-12/h1-6,8,11,13H,7,9H2. The number of nitrogens with zero attached hydrogens (tertiary/aromatic N) is 1. The fourth-order valence-electron chi connectivity index (χ4n) is 1.71. The smallest absolute Gasteiger partial charge is 0.133 e. The maximum atomic E-state index is 8.59. The minimum absolute atomic E-state index is 0.401. The fraction of sp³-hybridized carbons (Fsp3) is 0.308. The van der Waals surface area contributed by atoms with E-state index in [-0.39, 0.29) is 0 Å². The summed E-state index contributed by atoms with van der Waals surface area (Å²) in [5, 5.41) is 11.7. The Morgan fingerprint density at radius 1 is 1.06 bits per heavy atom. The lowest BCUT2D eigenvalue weighted by molar-refractivity contribution is 0.753. The summed E-state index contributed by atoms with van der Waals surface area (Å²) >= 11 is 3.28. The largest absolute Gasteiger partial charge is 0.185 e. The van der Waals surface area contributed by atoms with Crippen LogP contribution in [-0.4, -0.2) is 10.5 Å². The van der Waals surface area contributed by atoms with Crippen molar-refractivity contribution in [2.45, 2.75) is 28.2 Å². The first-order valence-electron chi connectivity index (χ1n) is 5.33. The van der Waals surface area contributed by atoms with Crippen molar-refractivity contribution in [3.05, 3.63) is 42.5 Å². The first-order valence-corrected chi connectivity index (χ1v) is 7.09. The molecule has 0 amide bonds. The molecule has 1 aliphatic rings. The quantitative estimate of drug-likeness (QED) is 0.594. The van der Waals surface area contributed by atoms with Crippen LogP contribution in [0.15, 0.2) is 47.4 Å². The lowest BCUT2D eigenvalue weighted by Crippen LogP contribution is -2.11. The van der Waals surface area contributed by atoms with E-state index < -0.39 is 0 Å². The van der Waals surface area contributed by atoms with Crippen LogP contribution in [0.5, 0.6) is 0 Å². The van der Waals surface area contributed by atoms with E-state index in [1.807, 2.05) is 17.8 Å². The van der Waals surface area contributed by atoms with Gasteiger partial charge in [-0.25, -0.2) is 0 Å². The second kappa shape index (κ2) is 6.03. The van der Waals surface area contributed by atoms with Crippen LogP contribution < -0.4 is 0 Å². The van der Waals surface area contributed by atoms with E-state index in [0.717, 1.165) is 12.8 Å². The van der Waals surface area contributed by atoms with Gasteiger partial charge in [-0.15, -0.1) is 11.8 Å². The predicted molar refractivity (Wildman–Crippen MR) is 71.5 cm³/mol. The summed E-state index contributed by atoms with van der Waals surface area (Å²) in [6.45, 7) is 0. The molecule has 1 nitrogen and oxygen atoms in total. The molecule has 0 fully saturated rings. The van der Waals surface area contributed by atoms with Gasteiger partial charge in [-0.2, -0.15) is 5.26 Å². The van der Waals surface area contributed by atoms with Crippen LogP contribution in [0.2, 0.25) is 0 Å². The van der Waals surface area contributed by atoms with Gasteiger partial charge >= 0.3 is 0 Å². The molecule has 2 unspecified atom stereocenters. The molecule has 0 radical (unpaired) electrons. The summed E-state index contributed by atoms with van der Waals surface area (Å²) < 4.78 is 0. The zero-order chi connectivity index (χ0) is 11.2. The van der Waals surface area contributed by atoms with Crippen molar-refractivity contribution in [2.75, 3.05) is 0 Å². The molecule has 0 heterocycles. The van der Waals surface area contributed by atoms with Gasteiger partial charge in [0.2, 0.25) is 0 Å². The summed E-state index contributed by atoms with van der Waals surface area (Å²) in [7, 11) is 0. The fourth-order valence-corrected chi connectivity index (χ4v) is 3.35. The van der Waals surface area contributed by atoms with Crippen molar-refractivity contribution in [1.29, 1.82) is 5.26 Å². The van der Waals surface area contributed by atoms with E-state index in [0.29, 0.717) is 10.5 Å². The van der Waals surface area contributed by atoms with Crippen molar-refractivity contribution >= 4 is 23.5 Å². The number of rotatable bonds is 3. The van der Waals surface area contributed by atoms with Crippen LogP contribution in [0.25, 0.3) is 0 Å². The highest BCUT2D eigenvalue weighted by Gasteiger charge is 2.16. The van der Waals surface area contributed by atoms with Crippen LogP contribution in [0, 0.1) is 10.7 Å². The van der Waals surface area contributed by atoms with Gasteiger partial charge in [-0.1, -0.05) is 30.4 Å². The summed E-state index contributed by atoms with van der Waals surface area (Å²) in [6.07, 6.45) is 6.70. The third-order valence-corrected chi connectivity index (χ3v) is 4.55. The number of nitriles is 1. The summed E-state index contributed by atoms with van der Waals surface area (Å²) in [4.78, 5) is 1.32. The van der Waals surface area contributed by atoms with Crippen LogP contribution in [-0.2, 0) is 0 Å². The van der Waals surface area contributed by atoms with Crippen molar-refractivity contribution < 1.29 is 0 Å². The number of thiocyanates is 1. The summed E-state index contributed by atoms with van der Waals surface area (Å²) in [5.74, 6) is 0. The Balaban J connectivity index is 1.90. The average Bonchev–Trinajstić information content (AvgIpc) is 2.33. The Morgan fingerprint density at radius 2 is 1.75 bits per heavy atom. The van der Waals surface area contributed by atoms with Gasteiger partial charge in [0.15, 0.2) is 0 Å². The molecule has 2 atom stereocenters. The molecule has 16 heavy (non-hydrogen) atoms. The van der Waals surface area contributed by atoms with Gasteiger partial charge < -0.3 is 0 Å². The number of benzene rings is 1. The van der Waals surface area contributed by atoms with E-state index in [1.54, 1.807) is 0 Å². The Bertz CT molecular complexity index is 394. The minimum atomic E-state index is 0.401. The lowest BCUT2D eigenvalue weighted by atomic mass is 10.1. The molecule has 0 aromatic heterocycles. The molecule has 1 aliphatic carbocycles. The van der Waals surface area contributed by atoms with E-state index in [2.05, 4.69) is 41.8 Å². The highest BCUT2D eigenvalue weighted by atomic mass is 32.2. The van der Waals surface area contributed by atoms with Crippen molar-refractivity contribution in [3.8, 4) is 5.40 Å². The van der Waals surface area contributed by atoms with Gasteiger partial charge in [0.25, 0.3) is 0 Å². The van der Waals surface area contributed by atoms with E-state index in [1.165, 1.54) is 16.7 Å². The molecule has 0 spiro atoms. The average molecular weight is 247 g/mol. The molecule has 0 N–H and O–H groups in total. The minimum Gasteiger partial charge on any atom is -0.185 e. The molecule has 0 saturated heterocycles. The topological polar surface area (TPSA) is 23.8 Å². The molecule has 0 bridgehead atoms. The maximum Gasteiger partial charge on any atom is 0.133 e. The van der Waals surface area contributed by atoms with Gasteiger partial charge in [-0.3, -0.25) is 0 Å². The second-order valence-electron chi connectivity index (χ2n) is 3.68. The van der Waals surface area contributed by atoms with Gasteiger partial charge in [0.05, 0.1) is 0 Å². The Morgan fingerprint density at radius 3 is 2.38 bits per heavy atom. The molecule has 82 valence electrons. The second-order valence-corrected chi connectivity index (χ2v) is 6.02. The van der Waals surface area contributed by atoms with Crippen LogP contribution >= 0.6 is 23.5 Å². The number of thioether (sulfide) groups is 2. The summed E-state index contributed by atoms with van der Waals surface area (Å²) in [6, 6.07) is 10.5. The Hall–Kier alpha value is -0.850. The maximum absolute atomic E-state index is 8.59. The van der Waals surface area contributed by atoms with Crippen LogP contribution in [0.1, 0.15) is 12.8 Å². The molecule has 0 saturated carbocycles. The molecule has 3 heteroatoms. The molecule has 2 rings (SSSR count). The molecule has 1 aromatic carbocycles.